The summed E-state index contributed by atoms with van der Waals surface area (Å²) in [4.78, 5) is 2.62. The van der Waals surface area contributed by atoms with Crippen molar-refractivity contribution in [2.75, 3.05) is 6.54 Å². The molecule has 1 unspecified atom stereocenters. The zero-order valence-corrected chi connectivity index (χ0v) is 8.30. The number of piperidine rings is 1. The number of nitrogens with zero attached hydrogens (tertiary/aromatic N) is 1. The Morgan fingerprint density at radius 3 is 2.36 bits per heavy atom. The maximum Gasteiger partial charge on any atom is 0.00952 e. The fraction of sp³-hybridized carbons (Fsp3) is 1.00. The zero-order chi connectivity index (χ0) is 8.43. The van der Waals surface area contributed by atoms with Gasteiger partial charge in [0.05, 0.1) is 0 Å². The van der Waals surface area contributed by atoms with E-state index >= 15 is 0 Å². The molecule has 1 aliphatic heterocycles. The highest BCUT2D eigenvalue weighted by Gasteiger charge is 2.25. The van der Waals surface area contributed by atoms with Crippen LogP contribution in [0.25, 0.3) is 0 Å². The Morgan fingerprint density at radius 1 is 1.27 bits per heavy atom. The zero-order valence-electron chi connectivity index (χ0n) is 8.30. The highest BCUT2D eigenvalue weighted by Crippen LogP contribution is 2.24. The largest absolute Gasteiger partial charge is 0.298 e. The second-order valence-electron chi connectivity index (χ2n) is 4.19. The molecule has 1 heteroatoms. The molecule has 2 atom stereocenters. The van der Waals surface area contributed by atoms with E-state index in [1.165, 1.54) is 19.4 Å². The molecule has 0 aromatic rings. The molecule has 1 nitrogen and oxygen atoms in total. The van der Waals surface area contributed by atoms with Crippen LogP contribution < -0.4 is 0 Å². The Bertz CT molecular complexity index is 120. The molecule has 0 N–H and O–H groups in total. The predicted molar refractivity (Wildman–Crippen MR) is 49.7 cm³/mol. The predicted octanol–water partition coefficient (Wildman–Crippen LogP) is 2.52. The van der Waals surface area contributed by atoms with Crippen LogP contribution in [0.3, 0.4) is 0 Å². The smallest absolute Gasteiger partial charge is 0.00952 e. The van der Waals surface area contributed by atoms with Gasteiger partial charge in [-0.2, -0.15) is 0 Å². The average Bonchev–Trinajstić information content (AvgIpc) is 1.94. The average molecular weight is 155 g/mol. The number of hydrogen-bond donors (Lipinski definition) is 0. The molecule has 0 radical (unpaired) electrons. The third-order valence-electron chi connectivity index (χ3n) is 3.09. The number of likely N-dealkylation sites (tertiary alicyclic amines) is 1. The van der Waals surface area contributed by atoms with Gasteiger partial charge in [-0.3, -0.25) is 4.90 Å². The molecule has 1 saturated heterocycles. The first kappa shape index (κ1) is 9.05. The van der Waals surface area contributed by atoms with E-state index in [1.807, 2.05) is 0 Å². The molecule has 0 spiro atoms. The summed E-state index contributed by atoms with van der Waals surface area (Å²) >= 11 is 0. The quantitative estimate of drug-likeness (QED) is 0.562. The molecule has 0 saturated carbocycles. The van der Waals surface area contributed by atoms with Gasteiger partial charge < -0.3 is 0 Å². The lowest BCUT2D eigenvalue weighted by Crippen LogP contribution is -2.46. The van der Waals surface area contributed by atoms with E-state index in [4.69, 9.17) is 0 Å². The first-order valence-electron chi connectivity index (χ1n) is 4.88. The molecular weight excluding hydrogens is 134 g/mol. The van der Waals surface area contributed by atoms with Crippen molar-refractivity contribution >= 4 is 0 Å². The summed E-state index contributed by atoms with van der Waals surface area (Å²) in [6.45, 7) is 10.6. The molecular formula is C10H21N. The van der Waals surface area contributed by atoms with E-state index in [-0.39, 0.29) is 0 Å². The van der Waals surface area contributed by atoms with Crippen molar-refractivity contribution in [3.63, 3.8) is 0 Å². The third-order valence-corrected chi connectivity index (χ3v) is 3.09. The second kappa shape index (κ2) is 3.57. The van der Waals surface area contributed by atoms with Crippen LogP contribution in [0.15, 0.2) is 0 Å². The number of rotatable bonds is 1. The van der Waals surface area contributed by atoms with Crippen molar-refractivity contribution in [2.24, 2.45) is 5.92 Å². The van der Waals surface area contributed by atoms with E-state index in [9.17, 15) is 0 Å². The Hall–Kier alpha value is -0.0400. The van der Waals surface area contributed by atoms with Gasteiger partial charge in [0.25, 0.3) is 0 Å². The van der Waals surface area contributed by atoms with E-state index < -0.39 is 0 Å². The lowest BCUT2D eigenvalue weighted by atomic mass is 9.91. The standard InChI is InChI=1S/C10H21N/c1-8(2)11-7-5-6-9(3)10(11)4/h8-10H,5-7H2,1-4H3/t9-,10?/m1/s1. The molecule has 66 valence electrons. The fourth-order valence-corrected chi connectivity index (χ4v) is 2.10. The summed E-state index contributed by atoms with van der Waals surface area (Å²) in [5.74, 6) is 0.895. The van der Waals surface area contributed by atoms with Crippen LogP contribution >= 0.6 is 0 Å². The van der Waals surface area contributed by atoms with Crippen LogP contribution in [0.2, 0.25) is 0 Å². The third kappa shape index (κ3) is 1.96. The molecule has 1 heterocycles. The molecule has 1 rings (SSSR count). The fourth-order valence-electron chi connectivity index (χ4n) is 2.10. The monoisotopic (exact) mass is 155 g/mol. The Labute approximate surface area is 70.8 Å². The normalized spacial score (nSPS) is 34.6. The van der Waals surface area contributed by atoms with Gasteiger partial charge in [-0.15, -0.1) is 0 Å². The van der Waals surface area contributed by atoms with Crippen molar-refractivity contribution < 1.29 is 0 Å². The topological polar surface area (TPSA) is 3.24 Å². The van der Waals surface area contributed by atoms with Crippen molar-refractivity contribution in [3.8, 4) is 0 Å². The molecule has 1 fully saturated rings. The highest BCUT2D eigenvalue weighted by molar-refractivity contribution is 4.80. The van der Waals surface area contributed by atoms with Gasteiger partial charge in [-0.25, -0.2) is 0 Å². The molecule has 0 aromatic carbocycles. The SMILES string of the molecule is CC(C)N1CCC[C@@H](C)C1C. The van der Waals surface area contributed by atoms with Gasteiger partial charge in [0.2, 0.25) is 0 Å². The van der Waals surface area contributed by atoms with Gasteiger partial charge in [-0.05, 0) is 46.1 Å². The maximum atomic E-state index is 2.62. The maximum absolute atomic E-state index is 2.62. The summed E-state index contributed by atoms with van der Waals surface area (Å²) in [7, 11) is 0. The Kier molecular flexibility index (Phi) is 2.94. The van der Waals surface area contributed by atoms with Crippen LogP contribution in [0.5, 0.6) is 0 Å². The molecule has 0 aliphatic carbocycles. The lowest BCUT2D eigenvalue weighted by Gasteiger charge is -2.40. The summed E-state index contributed by atoms with van der Waals surface area (Å²) in [6.07, 6.45) is 2.81. The van der Waals surface area contributed by atoms with Gasteiger partial charge in [0.1, 0.15) is 0 Å². The molecule has 0 bridgehead atoms. The highest BCUT2D eigenvalue weighted by atomic mass is 15.2. The summed E-state index contributed by atoms with van der Waals surface area (Å²) in [6, 6.07) is 1.52. The van der Waals surface area contributed by atoms with Crippen molar-refractivity contribution in [3.05, 3.63) is 0 Å². The Morgan fingerprint density at radius 2 is 1.91 bits per heavy atom. The van der Waals surface area contributed by atoms with Crippen LogP contribution in [0.1, 0.15) is 40.5 Å². The van der Waals surface area contributed by atoms with Crippen molar-refractivity contribution in [2.45, 2.75) is 52.6 Å². The van der Waals surface area contributed by atoms with Crippen LogP contribution in [0, 0.1) is 5.92 Å². The lowest BCUT2D eigenvalue weighted by molar-refractivity contribution is 0.0830. The van der Waals surface area contributed by atoms with E-state index in [1.54, 1.807) is 0 Å². The van der Waals surface area contributed by atoms with Crippen molar-refractivity contribution in [1.29, 1.82) is 0 Å². The van der Waals surface area contributed by atoms with E-state index in [0.29, 0.717) is 0 Å². The molecule has 0 amide bonds. The van der Waals surface area contributed by atoms with Crippen LogP contribution in [-0.2, 0) is 0 Å². The summed E-state index contributed by atoms with van der Waals surface area (Å²) < 4.78 is 0. The van der Waals surface area contributed by atoms with Crippen molar-refractivity contribution in [1.82, 2.24) is 4.90 Å². The molecule has 0 aromatic heterocycles. The summed E-state index contributed by atoms with van der Waals surface area (Å²) in [5.41, 5.74) is 0. The molecule has 1 aliphatic rings. The van der Waals surface area contributed by atoms with Gasteiger partial charge in [0, 0.05) is 12.1 Å². The van der Waals surface area contributed by atoms with E-state index in [0.717, 1.165) is 18.0 Å². The van der Waals surface area contributed by atoms with Crippen LogP contribution in [0.4, 0.5) is 0 Å². The van der Waals surface area contributed by atoms with Gasteiger partial charge in [0.15, 0.2) is 0 Å². The first-order valence-corrected chi connectivity index (χ1v) is 4.88. The summed E-state index contributed by atoms with van der Waals surface area (Å²) in [5, 5.41) is 0. The minimum Gasteiger partial charge on any atom is -0.298 e. The first-order chi connectivity index (χ1) is 5.13. The molecule has 11 heavy (non-hydrogen) atoms. The van der Waals surface area contributed by atoms with Gasteiger partial charge >= 0.3 is 0 Å². The minimum atomic E-state index is 0.729. The van der Waals surface area contributed by atoms with E-state index in [2.05, 4.69) is 32.6 Å². The Balaban J connectivity index is 2.51. The van der Waals surface area contributed by atoms with Crippen LogP contribution in [-0.4, -0.2) is 23.5 Å². The minimum absolute atomic E-state index is 0.729. The number of hydrogen-bond acceptors (Lipinski definition) is 1. The van der Waals surface area contributed by atoms with Gasteiger partial charge in [-0.1, -0.05) is 6.92 Å². The second-order valence-corrected chi connectivity index (χ2v) is 4.19.